The van der Waals surface area contributed by atoms with Gasteiger partial charge in [-0.2, -0.15) is 0 Å². The molecule has 4 nitrogen and oxygen atoms in total. The van der Waals surface area contributed by atoms with Crippen molar-refractivity contribution in [1.29, 1.82) is 0 Å². The highest BCUT2D eigenvalue weighted by molar-refractivity contribution is 5.94. The lowest BCUT2D eigenvalue weighted by molar-refractivity contribution is 0.0921. The summed E-state index contributed by atoms with van der Waals surface area (Å²) in [6, 6.07) is 3.67. The van der Waals surface area contributed by atoms with Crippen LogP contribution in [0, 0.1) is 5.92 Å². The van der Waals surface area contributed by atoms with Gasteiger partial charge >= 0.3 is 0 Å². The molecule has 4 heteroatoms. The van der Waals surface area contributed by atoms with Crippen LogP contribution >= 0.6 is 0 Å². The molecule has 1 aromatic rings. The third-order valence-corrected chi connectivity index (χ3v) is 3.73. The number of anilines is 1. The van der Waals surface area contributed by atoms with Gasteiger partial charge in [-0.15, -0.1) is 0 Å². The molecule has 3 N–H and O–H groups in total. The molecule has 1 aliphatic carbocycles. The minimum absolute atomic E-state index is 0.0405. The summed E-state index contributed by atoms with van der Waals surface area (Å²) in [6.07, 6.45) is 7.57. The van der Waals surface area contributed by atoms with E-state index in [0.717, 1.165) is 6.42 Å². The number of hydrogen-bond donors (Lipinski definition) is 2. The lowest BCUT2D eigenvalue weighted by atomic mass is 9.97. The van der Waals surface area contributed by atoms with Crippen LogP contribution in [0.3, 0.4) is 0 Å². The summed E-state index contributed by atoms with van der Waals surface area (Å²) in [4.78, 5) is 16.0. The monoisotopic (exact) mass is 247 g/mol. The molecule has 1 aliphatic rings. The van der Waals surface area contributed by atoms with Crippen molar-refractivity contribution in [3.05, 3.63) is 23.9 Å². The Morgan fingerprint density at radius 3 is 2.83 bits per heavy atom. The average molecular weight is 247 g/mol. The molecule has 1 heterocycles. The molecule has 1 aromatic heterocycles. The number of carbonyl (C=O) groups is 1. The first-order chi connectivity index (χ1) is 8.66. The van der Waals surface area contributed by atoms with Crippen LogP contribution in [0.4, 0.5) is 5.82 Å². The predicted molar refractivity (Wildman–Crippen MR) is 72.2 cm³/mol. The first kappa shape index (κ1) is 12.9. The van der Waals surface area contributed by atoms with Crippen LogP contribution in [0.15, 0.2) is 18.3 Å². The molecule has 1 amide bonds. The summed E-state index contributed by atoms with van der Waals surface area (Å²) in [5.74, 6) is 0.953. The van der Waals surface area contributed by atoms with E-state index in [4.69, 9.17) is 5.73 Å². The van der Waals surface area contributed by atoms with Gasteiger partial charge in [0.2, 0.25) is 0 Å². The second kappa shape index (κ2) is 5.85. The molecule has 0 aromatic carbocycles. The number of hydrogen-bond acceptors (Lipinski definition) is 3. The van der Waals surface area contributed by atoms with Crippen LogP contribution in [-0.4, -0.2) is 16.9 Å². The van der Waals surface area contributed by atoms with Gasteiger partial charge in [-0.05, 0) is 30.9 Å². The number of amides is 1. The smallest absolute Gasteiger partial charge is 0.253 e. The Morgan fingerprint density at radius 1 is 1.33 bits per heavy atom. The van der Waals surface area contributed by atoms with Crippen LogP contribution in [0.2, 0.25) is 0 Å². The van der Waals surface area contributed by atoms with Crippen molar-refractivity contribution in [3.8, 4) is 0 Å². The minimum atomic E-state index is -0.0405. The quantitative estimate of drug-likeness (QED) is 0.788. The number of rotatable bonds is 2. The van der Waals surface area contributed by atoms with E-state index in [0.29, 0.717) is 17.3 Å². The van der Waals surface area contributed by atoms with Gasteiger partial charge in [0, 0.05) is 12.2 Å². The van der Waals surface area contributed by atoms with E-state index in [2.05, 4.69) is 17.2 Å². The van der Waals surface area contributed by atoms with Gasteiger partial charge in [-0.1, -0.05) is 26.2 Å². The Hall–Kier alpha value is -1.58. The van der Waals surface area contributed by atoms with Crippen LogP contribution in [-0.2, 0) is 0 Å². The van der Waals surface area contributed by atoms with Crippen molar-refractivity contribution < 1.29 is 4.79 Å². The minimum Gasteiger partial charge on any atom is -0.384 e. The van der Waals surface area contributed by atoms with E-state index in [1.54, 1.807) is 12.1 Å². The molecule has 98 valence electrons. The zero-order valence-corrected chi connectivity index (χ0v) is 10.9. The first-order valence-corrected chi connectivity index (χ1v) is 6.69. The summed E-state index contributed by atoms with van der Waals surface area (Å²) in [7, 11) is 0. The summed E-state index contributed by atoms with van der Waals surface area (Å²) >= 11 is 0. The van der Waals surface area contributed by atoms with Gasteiger partial charge in [-0.25, -0.2) is 4.98 Å². The second-order valence-electron chi connectivity index (χ2n) is 5.17. The second-order valence-corrected chi connectivity index (χ2v) is 5.17. The zero-order valence-electron chi connectivity index (χ0n) is 10.9. The average Bonchev–Trinajstić information content (AvgIpc) is 2.56. The Labute approximate surface area is 108 Å². The van der Waals surface area contributed by atoms with Crippen LogP contribution < -0.4 is 11.1 Å². The van der Waals surface area contributed by atoms with Crippen molar-refractivity contribution in [3.63, 3.8) is 0 Å². The molecule has 0 spiro atoms. The highest BCUT2D eigenvalue weighted by Gasteiger charge is 2.22. The van der Waals surface area contributed by atoms with E-state index in [-0.39, 0.29) is 11.9 Å². The van der Waals surface area contributed by atoms with Gasteiger partial charge in [-0.3, -0.25) is 4.79 Å². The van der Waals surface area contributed by atoms with Crippen molar-refractivity contribution in [2.75, 3.05) is 5.73 Å². The van der Waals surface area contributed by atoms with E-state index >= 15 is 0 Å². The Morgan fingerprint density at radius 2 is 2.11 bits per heavy atom. The molecular formula is C14H21N3O. The number of nitrogen functional groups attached to an aromatic ring is 1. The number of nitrogens with two attached hydrogens (primary N) is 1. The van der Waals surface area contributed by atoms with Gasteiger partial charge < -0.3 is 11.1 Å². The van der Waals surface area contributed by atoms with Gasteiger partial charge in [0.25, 0.3) is 5.91 Å². The molecule has 2 atom stereocenters. The van der Waals surface area contributed by atoms with Gasteiger partial charge in [0.1, 0.15) is 5.82 Å². The Balaban J connectivity index is 1.99. The molecule has 0 saturated heterocycles. The maximum Gasteiger partial charge on any atom is 0.253 e. The van der Waals surface area contributed by atoms with Crippen molar-refractivity contribution in [2.45, 2.75) is 45.1 Å². The van der Waals surface area contributed by atoms with Crippen molar-refractivity contribution in [2.24, 2.45) is 5.92 Å². The molecular weight excluding hydrogens is 226 g/mol. The predicted octanol–water partition coefficient (Wildman–Crippen LogP) is 2.36. The standard InChI is InChI=1S/C14H21N3O/c1-10-5-3-2-4-6-12(10)17-14(18)11-7-8-13(15)16-9-11/h7-10,12H,2-6H2,1H3,(H2,15,16)(H,17,18). The Kier molecular flexibility index (Phi) is 4.18. The van der Waals surface area contributed by atoms with E-state index in [1.807, 2.05) is 0 Å². The highest BCUT2D eigenvalue weighted by Crippen LogP contribution is 2.23. The van der Waals surface area contributed by atoms with Crippen LogP contribution in [0.5, 0.6) is 0 Å². The molecule has 1 saturated carbocycles. The topological polar surface area (TPSA) is 68.0 Å². The maximum atomic E-state index is 12.1. The molecule has 18 heavy (non-hydrogen) atoms. The maximum absolute atomic E-state index is 12.1. The van der Waals surface area contributed by atoms with Crippen LogP contribution in [0.25, 0.3) is 0 Å². The third kappa shape index (κ3) is 3.22. The molecule has 0 radical (unpaired) electrons. The fourth-order valence-electron chi connectivity index (χ4n) is 2.50. The summed E-state index contributed by atoms with van der Waals surface area (Å²) in [5.41, 5.74) is 6.09. The molecule has 0 aliphatic heterocycles. The van der Waals surface area contributed by atoms with Crippen molar-refractivity contribution >= 4 is 11.7 Å². The van der Waals surface area contributed by atoms with Gasteiger partial charge in [0.05, 0.1) is 5.56 Å². The number of nitrogens with one attached hydrogen (secondary N) is 1. The normalized spacial score (nSPS) is 24.3. The Bertz CT molecular complexity index is 402. The first-order valence-electron chi connectivity index (χ1n) is 6.69. The number of carbonyl (C=O) groups excluding carboxylic acids is 1. The lowest BCUT2D eigenvalue weighted by Gasteiger charge is -2.22. The summed E-state index contributed by atoms with van der Waals surface area (Å²) in [5, 5.41) is 3.12. The number of pyridine rings is 1. The fraction of sp³-hybridized carbons (Fsp3) is 0.571. The van der Waals surface area contributed by atoms with E-state index in [9.17, 15) is 4.79 Å². The highest BCUT2D eigenvalue weighted by atomic mass is 16.1. The van der Waals surface area contributed by atoms with Crippen LogP contribution in [0.1, 0.15) is 49.4 Å². The molecule has 0 bridgehead atoms. The summed E-state index contributed by atoms with van der Waals surface area (Å²) < 4.78 is 0. The summed E-state index contributed by atoms with van der Waals surface area (Å²) in [6.45, 7) is 2.22. The van der Waals surface area contributed by atoms with E-state index < -0.39 is 0 Å². The third-order valence-electron chi connectivity index (χ3n) is 3.73. The fourth-order valence-corrected chi connectivity index (χ4v) is 2.50. The number of aromatic nitrogens is 1. The van der Waals surface area contributed by atoms with E-state index in [1.165, 1.54) is 31.9 Å². The molecule has 1 fully saturated rings. The molecule has 2 unspecified atom stereocenters. The number of nitrogens with zero attached hydrogens (tertiary/aromatic N) is 1. The zero-order chi connectivity index (χ0) is 13.0. The lowest BCUT2D eigenvalue weighted by Crippen LogP contribution is -2.38. The van der Waals surface area contributed by atoms with Gasteiger partial charge in [0.15, 0.2) is 0 Å². The van der Waals surface area contributed by atoms with Crippen molar-refractivity contribution in [1.82, 2.24) is 10.3 Å². The largest absolute Gasteiger partial charge is 0.384 e. The molecule has 2 rings (SSSR count). The SMILES string of the molecule is CC1CCCCCC1NC(=O)c1ccc(N)nc1.